The van der Waals surface area contributed by atoms with Crippen molar-refractivity contribution < 1.29 is 34.1 Å². The van der Waals surface area contributed by atoms with Crippen molar-refractivity contribution in [1.29, 1.82) is 0 Å². The van der Waals surface area contributed by atoms with Gasteiger partial charge < -0.3 is 0 Å². The van der Waals surface area contributed by atoms with Gasteiger partial charge in [0.1, 0.15) is 117 Å². The zero-order valence-electron chi connectivity index (χ0n) is 57.3. The van der Waals surface area contributed by atoms with Crippen LogP contribution in [0.1, 0.15) is 0 Å². The van der Waals surface area contributed by atoms with Gasteiger partial charge in [0.05, 0.1) is 17.2 Å². The maximum Gasteiger partial charge on any atom is 0.144 e. The topological polar surface area (TPSA) is 0 Å². The molecule has 0 N–H and O–H groups in total. The predicted molar refractivity (Wildman–Crippen MR) is 466 cm³/mol. The maximum absolute atomic E-state index is 2.52. The molecule has 0 heterocycles. The van der Waals surface area contributed by atoms with Gasteiger partial charge in [-0.05, 0) is 190 Å². The zero-order chi connectivity index (χ0) is 68.5. The molecule has 0 saturated carbocycles. The van der Waals surface area contributed by atoms with Crippen LogP contribution in [-0.4, -0.2) is 0 Å². The van der Waals surface area contributed by atoms with Crippen LogP contribution in [-0.2, 0) is 34.1 Å². The molecule has 0 fully saturated rings. The molecule has 16 rings (SSSR count). The second-order valence-electron chi connectivity index (χ2n) is 25.4. The first kappa shape index (κ1) is 73.5. The normalized spacial score (nSPS) is 11.0. The second kappa shape index (κ2) is 36.7. The van der Waals surface area contributed by atoms with Gasteiger partial charge in [-0.3, -0.25) is 0 Å². The molecule has 0 nitrogen and oxygen atoms in total. The first-order valence-corrected chi connectivity index (χ1v) is 43.3. The number of hydrogen-bond acceptors (Lipinski definition) is 0. The average Bonchev–Trinajstić information content (AvgIpc) is 0.778. The van der Waals surface area contributed by atoms with Crippen LogP contribution in [0.4, 0.5) is 0 Å². The molecule has 0 saturated heterocycles. The summed E-state index contributed by atoms with van der Waals surface area (Å²) in [6.07, 6.45) is 0. The van der Waals surface area contributed by atoms with Crippen molar-refractivity contribution in [3.63, 3.8) is 0 Å². The minimum absolute atomic E-state index is 0. The summed E-state index contributed by atoms with van der Waals surface area (Å²) < 4.78 is 0. The van der Waals surface area contributed by atoms with Gasteiger partial charge in [0.25, 0.3) is 0 Å². The molecule has 0 amide bonds. The monoisotopic (exact) mass is 1540 g/mol. The number of benzene rings is 16. The summed E-state index contributed by atoms with van der Waals surface area (Å²) in [7, 11) is -5.70. The van der Waals surface area contributed by atoms with Crippen molar-refractivity contribution in [3.05, 3.63) is 437 Å². The standard InChI is InChI=1S/2C48H37P3.2Cu/c2*1-7-19-37(20-8-1)39-31-33-47(50(41-23-11-3-12-24-41)42-25-13-4-14-26-42)45(35-39)49-46-36-40(38-21-9-2-10-22-38)32-34-48(46)51(43-27-15-5-16-28-43)44-29-17-6-18-30-44;;/h2*1-36,49H;;/p+6. The fourth-order valence-corrected chi connectivity index (χ4v) is 29.8. The van der Waals surface area contributed by atoms with Crippen LogP contribution >= 0.6 is 48.8 Å². The molecule has 0 atom stereocenters. The van der Waals surface area contributed by atoms with Crippen molar-refractivity contribution in [2.75, 3.05) is 0 Å². The van der Waals surface area contributed by atoms with Gasteiger partial charge in [-0.15, -0.1) is 0 Å². The summed E-state index contributed by atoms with van der Waals surface area (Å²) >= 11 is 0. The van der Waals surface area contributed by atoms with Crippen LogP contribution in [0.5, 0.6) is 0 Å². The van der Waals surface area contributed by atoms with Crippen molar-refractivity contribution >= 4 is 134 Å². The Morgan fingerprint density at radius 2 is 0.269 bits per heavy atom. The number of hydrogen-bond donors (Lipinski definition) is 0. The maximum atomic E-state index is 2.52. The Labute approximate surface area is 643 Å². The molecular weight excluding hydrogens is 1470 g/mol. The van der Waals surface area contributed by atoms with Gasteiger partial charge in [-0.1, -0.05) is 291 Å². The largest absolute Gasteiger partial charge is 0.144 e. The molecular formula is C96H80Cu2P6+6. The molecule has 0 spiro atoms. The SMILES string of the molecule is [Cu].[Cu].c1ccc(-c2ccc([PH+](c3ccccc3)c3ccccc3)c([PH2+]c3cc(-c4ccccc4)ccc3[PH+](c3ccccc3)c3ccccc3)c2)cc1.c1ccc(-c2ccc([PH+](c3ccccc3)c3ccccc3)c([PH2+]c3cc(-c4ccccc4)ccc3[PH+](c3ccccc3)c3ccccc3)c2)cc1. The van der Waals surface area contributed by atoms with E-state index < -0.39 is 31.7 Å². The number of rotatable bonds is 20. The van der Waals surface area contributed by atoms with Gasteiger partial charge in [0.15, 0.2) is 0 Å². The van der Waals surface area contributed by atoms with Crippen molar-refractivity contribution in [3.8, 4) is 44.5 Å². The molecule has 2 radical (unpaired) electrons. The Kier molecular flexibility index (Phi) is 25.9. The third-order valence-corrected chi connectivity index (χ3v) is 34.4. The zero-order valence-corrected chi connectivity index (χ0v) is 65.5. The minimum Gasteiger partial charge on any atom is -0.0622 e. The van der Waals surface area contributed by atoms with E-state index in [9.17, 15) is 0 Å². The van der Waals surface area contributed by atoms with Crippen molar-refractivity contribution in [1.82, 2.24) is 0 Å². The van der Waals surface area contributed by atoms with Gasteiger partial charge >= 0.3 is 0 Å². The van der Waals surface area contributed by atoms with Gasteiger partial charge in [-0.25, -0.2) is 0 Å². The van der Waals surface area contributed by atoms with Crippen molar-refractivity contribution in [2.24, 2.45) is 0 Å². The first-order valence-electron chi connectivity index (χ1n) is 35.0. The van der Waals surface area contributed by atoms with Crippen LogP contribution in [0.3, 0.4) is 0 Å². The molecule has 104 heavy (non-hydrogen) atoms. The predicted octanol–water partition coefficient (Wildman–Crippen LogP) is 16.7. The van der Waals surface area contributed by atoms with Crippen LogP contribution in [0.2, 0.25) is 0 Å². The summed E-state index contributed by atoms with van der Waals surface area (Å²) in [5.41, 5.74) is 10.2. The van der Waals surface area contributed by atoms with E-state index in [1.165, 1.54) is 129 Å². The van der Waals surface area contributed by atoms with Crippen LogP contribution in [0.15, 0.2) is 437 Å². The van der Waals surface area contributed by atoms with Crippen LogP contribution in [0.25, 0.3) is 44.5 Å². The molecule has 0 aromatic heterocycles. The Morgan fingerprint density at radius 3 is 0.413 bits per heavy atom. The smallest absolute Gasteiger partial charge is 0.0622 e. The molecule has 0 unspecified atom stereocenters. The Balaban J connectivity index is 0.000000181. The summed E-state index contributed by atoms with van der Waals surface area (Å²) in [6, 6.07) is 162. The fraction of sp³-hybridized carbons (Fsp3) is 0. The molecule has 0 bridgehead atoms. The van der Waals surface area contributed by atoms with Gasteiger partial charge in [0.2, 0.25) is 0 Å². The Morgan fingerprint density at radius 1 is 0.135 bits per heavy atom. The third kappa shape index (κ3) is 17.7. The molecule has 16 aromatic rings. The first-order chi connectivity index (χ1) is 50.6. The van der Waals surface area contributed by atoms with Gasteiger partial charge in [0, 0.05) is 34.1 Å². The third-order valence-electron chi connectivity index (χ3n) is 18.8. The van der Waals surface area contributed by atoms with E-state index in [-0.39, 0.29) is 51.3 Å². The fourth-order valence-electron chi connectivity index (χ4n) is 14.0. The molecule has 0 aliphatic carbocycles. The van der Waals surface area contributed by atoms with Crippen LogP contribution in [0, 0.1) is 0 Å². The van der Waals surface area contributed by atoms with E-state index in [0.29, 0.717) is 0 Å². The average molecular weight is 1550 g/mol. The summed E-state index contributed by atoms with van der Waals surface area (Å²) in [6.45, 7) is 0. The van der Waals surface area contributed by atoms with Crippen LogP contribution < -0.4 is 84.9 Å². The van der Waals surface area contributed by atoms with E-state index in [2.05, 4.69) is 437 Å². The Hall–Kier alpha value is -8.86. The second-order valence-corrected chi connectivity index (χ2v) is 38.2. The molecule has 0 aliphatic heterocycles. The summed E-state index contributed by atoms with van der Waals surface area (Å²) in [5, 5.41) is 23.2. The Bertz CT molecular complexity index is 4480. The molecule has 0 aliphatic rings. The summed E-state index contributed by atoms with van der Waals surface area (Å²) in [4.78, 5) is 0. The van der Waals surface area contributed by atoms with E-state index >= 15 is 0 Å². The van der Waals surface area contributed by atoms with E-state index in [1.807, 2.05) is 0 Å². The molecule has 510 valence electrons. The minimum atomic E-state index is -1.29. The van der Waals surface area contributed by atoms with E-state index in [0.717, 1.165) is 0 Å². The van der Waals surface area contributed by atoms with Crippen molar-refractivity contribution in [2.45, 2.75) is 0 Å². The molecule has 8 heteroatoms. The van der Waals surface area contributed by atoms with E-state index in [1.54, 1.807) is 0 Å². The molecule has 16 aromatic carbocycles. The summed E-state index contributed by atoms with van der Waals surface area (Å²) in [5.74, 6) is 0. The van der Waals surface area contributed by atoms with E-state index in [4.69, 9.17) is 0 Å². The van der Waals surface area contributed by atoms with Gasteiger partial charge in [-0.2, -0.15) is 0 Å². The quantitative estimate of drug-likeness (QED) is 0.0527.